The van der Waals surface area contributed by atoms with E-state index in [-0.39, 0.29) is 6.61 Å². The van der Waals surface area contributed by atoms with Crippen molar-refractivity contribution in [2.45, 2.75) is 25.5 Å². The van der Waals surface area contributed by atoms with E-state index in [1.807, 2.05) is 25.1 Å². The number of hydrogen-bond acceptors (Lipinski definition) is 6. The smallest absolute Gasteiger partial charge is 0.370 e. The number of para-hydroxylation sites is 1. The maximum absolute atomic E-state index is 12.8. The summed E-state index contributed by atoms with van der Waals surface area (Å²) < 4.78 is 16.5. The molecule has 2 aromatic rings. The SMILES string of the molecule is CCOC(=O)[C@@]12Oc3ccc(C)cc3N[C@@H]1c1ccccc1OC2=O. The van der Waals surface area contributed by atoms with Crippen LogP contribution in [0.3, 0.4) is 0 Å². The standard InChI is InChI=1S/C19H17NO5/c1-3-23-17(21)19-16(12-6-4-5-7-14(12)24-18(19)22)20-13-10-11(2)8-9-15(13)25-19/h4-10,16,20H,3H2,1-2H3/t16-,19+/m1/s1. The summed E-state index contributed by atoms with van der Waals surface area (Å²) in [7, 11) is 0. The van der Waals surface area contributed by atoms with Crippen molar-refractivity contribution >= 4 is 17.6 Å². The minimum atomic E-state index is -1.91. The van der Waals surface area contributed by atoms with Gasteiger partial charge in [-0.05, 0) is 37.6 Å². The molecule has 0 amide bonds. The molecule has 2 aliphatic heterocycles. The Morgan fingerprint density at radius 2 is 2.04 bits per heavy atom. The second-order valence-electron chi connectivity index (χ2n) is 6.06. The molecule has 0 saturated heterocycles. The zero-order valence-electron chi connectivity index (χ0n) is 13.9. The van der Waals surface area contributed by atoms with Gasteiger partial charge in [-0.25, -0.2) is 9.59 Å². The van der Waals surface area contributed by atoms with Crippen molar-refractivity contribution in [1.82, 2.24) is 0 Å². The van der Waals surface area contributed by atoms with Gasteiger partial charge in [-0.1, -0.05) is 24.3 Å². The topological polar surface area (TPSA) is 73.9 Å². The molecule has 6 heteroatoms. The van der Waals surface area contributed by atoms with Crippen molar-refractivity contribution in [2.24, 2.45) is 0 Å². The Hall–Kier alpha value is -3.02. The fourth-order valence-electron chi connectivity index (χ4n) is 3.26. The first-order chi connectivity index (χ1) is 12.1. The van der Waals surface area contributed by atoms with Gasteiger partial charge in [-0.15, -0.1) is 0 Å². The van der Waals surface area contributed by atoms with Crippen molar-refractivity contribution in [2.75, 3.05) is 11.9 Å². The molecule has 0 bridgehead atoms. The molecule has 0 fully saturated rings. The predicted octanol–water partition coefficient (Wildman–Crippen LogP) is 2.76. The second kappa shape index (κ2) is 5.51. The van der Waals surface area contributed by atoms with E-state index in [0.29, 0.717) is 17.1 Å². The first kappa shape index (κ1) is 15.5. The minimum Gasteiger partial charge on any atom is -0.462 e. The van der Waals surface area contributed by atoms with Crippen molar-refractivity contribution in [1.29, 1.82) is 0 Å². The molecule has 128 valence electrons. The normalized spacial score (nSPS) is 23.1. The summed E-state index contributed by atoms with van der Waals surface area (Å²) in [6.45, 7) is 3.77. The van der Waals surface area contributed by atoms with Gasteiger partial charge in [0.25, 0.3) is 0 Å². The number of esters is 2. The number of fused-ring (bicyclic) bond motifs is 4. The van der Waals surface area contributed by atoms with E-state index >= 15 is 0 Å². The second-order valence-corrected chi connectivity index (χ2v) is 6.06. The third-order valence-corrected chi connectivity index (χ3v) is 4.43. The lowest BCUT2D eigenvalue weighted by atomic mass is 9.83. The Kier molecular flexibility index (Phi) is 3.42. The summed E-state index contributed by atoms with van der Waals surface area (Å²) in [4.78, 5) is 25.6. The number of ether oxygens (including phenoxy) is 3. The first-order valence-electron chi connectivity index (χ1n) is 8.11. The maximum atomic E-state index is 12.8. The minimum absolute atomic E-state index is 0.131. The van der Waals surface area contributed by atoms with E-state index in [1.165, 1.54) is 0 Å². The van der Waals surface area contributed by atoms with Crippen molar-refractivity contribution < 1.29 is 23.8 Å². The molecule has 4 rings (SSSR count). The van der Waals surface area contributed by atoms with Gasteiger partial charge in [0.15, 0.2) is 0 Å². The van der Waals surface area contributed by atoms with Crippen molar-refractivity contribution in [3.63, 3.8) is 0 Å². The molecule has 0 saturated carbocycles. The van der Waals surface area contributed by atoms with Crippen LogP contribution < -0.4 is 14.8 Å². The number of benzene rings is 2. The molecule has 0 radical (unpaired) electrons. The lowest BCUT2D eigenvalue weighted by Crippen LogP contribution is -2.64. The molecule has 0 aromatic heterocycles. The number of carbonyl (C=O) groups is 2. The molecule has 2 heterocycles. The summed E-state index contributed by atoms with van der Waals surface area (Å²) in [5.41, 5.74) is 0.508. The van der Waals surface area contributed by atoms with Crippen LogP contribution in [-0.4, -0.2) is 24.1 Å². The number of nitrogens with one attached hydrogen (secondary N) is 1. The summed E-state index contributed by atoms with van der Waals surface area (Å²) in [6.07, 6.45) is 0. The fourth-order valence-corrected chi connectivity index (χ4v) is 3.26. The quantitative estimate of drug-likeness (QED) is 0.515. The third kappa shape index (κ3) is 2.17. The van der Waals surface area contributed by atoms with Gasteiger partial charge in [-0.3, -0.25) is 0 Å². The van der Waals surface area contributed by atoms with E-state index in [9.17, 15) is 9.59 Å². The summed E-state index contributed by atoms with van der Waals surface area (Å²) >= 11 is 0. The average Bonchev–Trinajstić information content (AvgIpc) is 2.60. The van der Waals surface area contributed by atoms with Crippen LogP contribution in [0.1, 0.15) is 24.1 Å². The number of carbonyl (C=O) groups excluding carboxylic acids is 2. The van der Waals surface area contributed by atoms with Crippen molar-refractivity contribution in [3.05, 3.63) is 53.6 Å². The van der Waals surface area contributed by atoms with E-state index in [2.05, 4.69) is 5.32 Å². The highest BCUT2D eigenvalue weighted by atomic mass is 16.6. The number of aryl methyl sites for hydroxylation is 1. The average molecular weight is 339 g/mol. The summed E-state index contributed by atoms with van der Waals surface area (Å²) in [6, 6.07) is 11.8. The lowest BCUT2D eigenvalue weighted by molar-refractivity contribution is -0.179. The Morgan fingerprint density at radius 3 is 2.84 bits per heavy atom. The van der Waals surface area contributed by atoms with Gasteiger partial charge >= 0.3 is 17.5 Å². The van der Waals surface area contributed by atoms with Gasteiger partial charge in [0.1, 0.15) is 17.5 Å². The highest BCUT2D eigenvalue weighted by Gasteiger charge is 2.64. The molecular weight excluding hydrogens is 322 g/mol. The molecule has 6 nitrogen and oxygen atoms in total. The largest absolute Gasteiger partial charge is 0.462 e. The van der Waals surface area contributed by atoms with E-state index in [0.717, 1.165) is 11.3 Å². The van der Waals surface area contributed by atoms with E-state index in [1.54, 1.807) is 31.2 Å². The zero-order chi connectivity index (χ0) is 17.6. The van der Waals surface area contributed by atoms with Crippen LogP contribution in [0.25, 0.3) is 0 Å². The molecule has 0 spiro atoms. The Balaban J connectivity index is 1.92. The molecule has 2 atom stereocenters. The van der Waals surface area contributed by atoms with Gasteiger partial charge in [-0.2, -0.15) is 0 Å². The fraction of sp³-hybridized carbons (Fsp3) is 0.263. The Bertz CT molecular complexity index is 878. The highest BCUT2D eigenvalue weighted by Crippen LogP contribution is 2.49. The molecular formula is C19H17NO5. The van der Waals surface area contributed by atoms with E-state index < -0.39 is 23.6 Å². The van der Waals surface area contributed by atoms with Crippen LogP contribution in [-0.2, 0) is 14.3 Å². The predicted molar refractivity (Wildman–Crippen MR) is 89.6 cm³/mol. The number of anilines is 1. The lowest BCUT2D eigenvalue weighted by Gasteiger charge is -2.44. The molecule has 2 aromatic carbocycles. The summed E-state index contributed by atoms with van der Waals surface area (Å²) in [5.74, 6) is -0.734. The summed E-state index contributed by atoms with van der Waals surface area (Å²) in [5, 5.41) is 3.28. The first-order valence-corrected chi connectivity index (χ1v) is 8.11. The van der Waals surface area contributed by atoms with Gasteiger partial charge < -0.3 is 19.5 Å². The van der Waals surface area contributed by atoms with Crippen LogP contribution in [0, 0.1) is 6.92 Å². The molecule has 0 aliphatic carbocycles. The van der Waals surface area contributed by atoms with Crippen LogP contribution in [0.4, 0.5) is 5.69 Å². The maximum Gasteiger partial charge on any atom is 0.370 e. The molecule has 0 unspecified atom stereocenters. The van der Waals surface area contributed by atoms with Crippen LogP contribution in [0.15, 0.2) is 42.5 Å². The molecule has 2 aliphatic rings. The van der Waals surface area contributed by atoms with Gasteiger partial charge in [0.05, 0.1) is 12.3 Å². The van der Waals surface area contributed by atoms with Crippen LogP contribution in [0.5, 0.6) is 11.5 Å². The Labute approximate surface area is 144 Å². The third-order valence-electron chi connectivity index (χ3n) is 4.43. The monoisotopic (exact) mass is 339 g/mol. The highest BCUT2D eigenvalue weighted by molar-refractivity contribution is 6.08. The number of hydrogen-bond donors (Lipinski definition) is 1. The van der Waals surface area contributed by atoms with E-state index in [4.69, 9.17) is 14.2 Å². The van der Waals surface area contributed by atoms with Gasteiger partial charge in [0.2, 0.25) is 0 Å². The zero-order valence-corrected chi connectivity index (χ0v) is 13.9. The van der Waals surface area contributed by atoms with Crippen molar-refractivity contribution in [3.8, 4) is 11.5 Å². The number of rotatable bonds is 2. The molecule has 1 N–H and O–H groups in total. The van der Waals surface area contributed by atoms with Crippen LogP contribution in [0.2, 0.25) is 0 Å². The van der Waals surface area contributed by atoms with Gasteiger partial charge in [0, 0.05) is 5.56 Å². The van der Waals surface area contributed by atoms with Crippen LogP contribution >= 0.6 is 0 Å². The Morgan fingerprint density at radius 1 is 1.24 bits per heavy atom. The molecule has 25 heavy (non-hydrogen) atoms.